The molecule has 1 aliphatic heterocycles. The Bertz CT molecular complexity index is 275. The molecule has 0 atom stereocenters. The van der Waals surface area contributed by atoms with Crippen LogP contribution >= 0.6 is 0 Å². The first-order valence-corrected chi connectivity index (χ1v) is 6.06. The fourth-order valence-electron chi connectivity index (χ4n) is 2.98. The zero-order valence-electron chi connectivity index (χ0n) is 9.66. The van der Waals surface area contributed by atoms with Crippen LogP contribution in [0.15, 0.2) is 0 Å². The van der Waals surface area contributed by atoms with Crippen LogP contribution in [0.1, 0.15) is 45.4 Å². The number of carbonyl (C=O) groups is 2. The molecule has 2 rings (SSSR count). The number of cyclic esters (lactones) is 2. The van der Waals surface area contributed by atoms with Crippen LogP contribution in [0.25, 0.3) is 0 Å². The Morgan fingerprint density at radius 3 is 2.19 bits per heavy atom. The number of ether oxygens (including phenoxy) is 2. The average Bonchev–Trinajstić information content (AvgIpc) is 2.31. The molecule has 0 aromatic carbocycles. The molecule has 4 nitrogen and oxygen atoms in total. The second kappa shape index (κ2) is 4.44. The molecule has 0 radical (unpaired) electrons. The lowest BCUT2D eigenvalue weighted by molar-refractivity contribution is -0.208. The topological polar surface area (TPSA) is 52.6 Å². The molecule has 0 aromatic rings. The normalized spacial score (nSPS) is 26.1. The van der Waals surface area contributed by atoms with Gasteiger partial charge in [0.1, 0.15) is 0 Å². The summed E-state index contributed by atoms with van der Waals surface area (Å²) in [6.07, 6.45) is 5.71. The van der Waals surface area contributed by atoms with Crippen molar-refractivity contribution >= 4 is 11.9 Å². The van der Waals surface area contributed by atoms with E-state index in [1.165, 1.54) is 6.42 Å². The van der Waals surface area contributed by atoms with Crippen LogP contribution in [0.4, 0.5) is 0 Å². The van der Waals surface area contributed by atoms with Gasteiger partial charge in [-0.05, 0) is 25.2 Å². The number of esters is 2. The van der Waals surface area contributed by atoms with Gasteiger partial charge < -0.3 is 9.47 Å². The van der Waals surface area contributed by atoms with Gasteiger partial charge in [-0.15, -0.1) is 0 Å². The second-order valence-electron chi connectivity index (χ2n) is 4.64. The summed E-state index contributed by atoms with van der Waals surface area (Å²) >= 11 is 0. The van der Waals surface area contributed by atoms with E-state index >= 15 is 0 Å². The maximum absolute atomic E-state index is 11.9. The van der Waals surface area contributed by atoms with Gasteiger partial charge in [0.2, 0.25) is 6.79 Å². The minimum atomic E-state index is -1.02. The molecule has 2 fully saturated rings. The van der Waals surface area contributed by atoms with Gasteiger partial charge in [0.15, 0.2) is 5.41 Å². The summed E-state index contributed by atoms with van der Waals surface area (Å²) in [6, 6.07) is 0. The van der Waals surface area contributed by atoms with E-state index in [1.54, 1.807) is 0 Å². The zero-order valence-corrected chi connectivity index (χ0v) is 9.66. The minimum absolute atomic E-state index is 0.103. The Balaban J connectivity index is 2.27. The van der Waals surface area contributed by atoms with E-state index in [-0.39, 0.29) is 24.6 Å². The molecule has 0 unspecified atom stereocenters. The molecule has 1 saturated carbocycles. The van der Waals surface area contributed by atoms with Crippen LogP contribution in [0, 0.1) is 11.3 Å². The molecule has 1 saturated heterocycles. The average molecular weight is 226 g/mol. The second-order valence-corrected chi connectivity index (χ2v) is 4.64. The Hall–Kier alpha value is -1.06. The summed E-state index contributed by atoms with van der Waals surface area (Å²) in [5.74, 6) is -0.650. The van der Waals surface area contributed by atoms with Gasteiger partial charge in [0.05, 0.1) is 0 Å². The summed E-state index contributed by atoms with van der Waals surface area (Å²) in [4.78, 5) is 23.9. The molecule has 0 amide bonds. The van der Waals surface area contributed by atoms with Crippen molar-refractivity contribution in [2.75, 3.05) is 6.79 Å². The minimum Gasteiger partial charge on any atom is -0.427 e. The molecule has 90 valence electrons. The molecule has 1 heterocycles. The van der Waals surface area contributed by atoms with Crippen LogP contribution in [-0.4, -0.2) is 18.7 Å². The smallest absolute Gasteiger partial charge is 0.326 e. The summed E-state index contributed by atoms with van der Waals surface area (Å²) in [5.41, 5.74) is -1.02. The predicted octanol–water partition coefficient (Wildman–Crippen LogP) is 2.02. The summed E-state index contributed by atoms with van der Waals surface area (Å²) < 4.78 is 9.85. The zero-order chi connectivity index (χ0) is 11.6. The summed E-state index contributed by atoms with van der Waals surface area (Å²) in [7, 11) is 0. The molecule has 2 aliphatic rings. The largest absolute Gasteiger partial charge is 0.427 e. The third-order valence-electron chi connectivity index (χ3n) is 3.97. The van der Waals surface area contributed by atoms with E-state index in [0.29, 0.717) is 6.42 Å². The Morgan fingerprint density at radius 2 is 1.69 bits per heavy atom. The van der Waals surface area contributed by atoms with Crippen LogP contribution in [0.2, 0.25) is 0 Å². The molecular weight excluding hydrogens is 208 g/mol. The highest BCUT2D eigenvalue weighted by molar-refractivity contribution is 6.01. The van der Waals surface area contributed by atoms with E-state index in [0.717, 1.165) is 25.7 Å². The quantitative estimate of drug-likeness (QED) is 0.534. The third kappa shape index (κ3) is 1.60. The van der Waals surface area contributed by atoms with Crippen molar-refractivity contribution in [3.8, 4) is 0 Å². The van der Waals surface area contributed by atoms with Crippen LogP contribution in [-0.2, 0) is 19.1 Å². The lowest BCUT2D eigenvalue weighted by atomic mass is 9.67. The molecule has 0 N–H and O–H groups in total. The highest BCUT2D eigenvalue weighted by Gasteiger charge is 2.55. The lowest BCUT2D eigenvalue weighted by Gasteiger charge is -2.39. The van der Waals surface area contributed by atoms with Crippen molar-refractivity contribution in [1.82, 2.24) is 0 Å². The van der Waals surface area contributed by atoms with E-state index < -0.39 is 5.41 Å². The van der Waals surface area contributed by atoms with Gasteiger partial charge in [0.25, 0.3) is 0 Å². The number of carbonyl (C=O) groups excluding carboxylic acids is 2. The van der Waals surface area contributed by atoms with Gasteiger partial charge in [0, 0.05) is 0 Å². The van der Waals surface area contributed by atoms with Crippen LogP contribution in [0.3, 0.4) is 0 Å². The SMILES string of the molecule is CCC1(C2CCCCC2)C(=O)OCOC1=O. The molecule has 1 aliphatic carbocycles. The molecule has 4 heteroatoms. The van der Waals surface area contributed by atoms with Gasteiger partial charge in [-0.25, -0.2) is 0 Å². The standard InChI is InChI=1S/C12H18O4/c1-2-12(9-6-4-3-5-7-9)10(13)15-8-16-11(12)14/h9H,2-8H2,1H3. The number of hydrogen-bond acceptors (Lipinski definition) is 4. The van der Waals surface area contributed by atoms with Gasteiger partial charge in [-0.2, -0.15) is 0 Å². The van der Waals surface area contributed by atoms with Crippen molar-refractivity contribution in [2.24, 2.45) is 11.3 Å². The first kappa shape index (κ1) is 11.4. The maximum atomic E-state index is 11.9. The van der Waals surface area contributed by atoms with Gasteiger partial charge in [-0.3, -0.25) is 9.59 Å². The highest BCUT2D eigenvalue weighted by atomic mass is 16.7. The van der Waals surface area contributed by atoms with E-state index in [4.69, 9.17) is 9.47 Å². The lowest BCUT2D eigenvalue weighted by Crippen LogP contribution is -2.51. The Morgan fingerprint density at radius 1 is 1.12 bits per heavy atom. The molecule has 16 heavy (non-hydrogen) atoms. The fourth-order valence-corrected chi connectivity index (χ4v) is 2.98. The maximum Gasteiger partial charge on any atom is 0.326 e. The predicted molar refractivity (Wildman–Crippen MR) is 56.4 cm³/mol. The van der Waals surface area contributed by atoms with Crippen molar-refractivity contribution in [2.45, 2.75) is 45.4 Å². The molecule has 0 spiro atoms. The van der Waals surface area contributed by atoms with Crippen molar-refractivity contribution < 1.29 is 19.1 Å². The van der Waals surface area contributed by atoms with Crippen molar-refractivity contribution in [3.05, 3.63) is 0 Å². The third-order valence-corrected chi connectivity index (χ3v) is 3.97. The molecule has 0 bridgehead atoms. The van der Waals surface area contributed by atoms with E-state index in [9.17, 15) is 9.59 Å². The number of hydrogen-bond donors (Lipinski definition) is 0. The van der Waals surface area contributed by atoms with Gasteiger partial charge >= 0.3 is 11.9 Å². The fraction of sp³-hybridized carbons (Fsp3) is 0.833. The van der Waals surface area contributed by atoms with Crippen LogP contribution < -0.4 is 0 Å². The first-order valence-electron chi connectivity index (χ1n) is 6.06. The van der Waals surface area contributed by atoms with E-state index in [1.807, 2.05) is 6.92 Å². The summed E-state index contributed by atoms with van der Waals surface area (Å²) in [6.45, 7) is 1.65. The van der Waals surface area contributed by atoms with Crippen LogP contribution in [0.5, 0.6) is 0 Å². The first-order chi connectivity index (χ1) is 7.71. The Labute approximate surface area is 95.3 Å². The Kier molecular flexibility index (Phi) is 3.17. The summed E-state index contributed by atoms with van der Waals surface area (Å²) in [5, 5.41) is 0. The molecule has 0 aromatic heterocycles. The van der Waals surface area contributed by atoms with Crippen molar-refractivity contribution in [1.29, 1.82) is 0 Å². The van der Waals surface area contributed by atoms with Crippen molar-refractivity contribution in [3.63, 3.8) is 0 Å². The monoisotopic (exact) mass is 226 g/mol. The molecular formula is C12H18O4. The van der Waals surface area contributed by atoms with Gasteiger partial charge in [-0.1, -0.05) is 26.2 Å². The van der Waals surface area contributed by atoms with E-state index in [2.05, 4.69) is 0 Å². The highest BCUT2D eigenvalue weighted by Crippen LogP contribution is 2.44. The number of rotatable bonds is 2.